The Labute approximate surface area is 524 Å². The fraction of sp³-hybridized carbons (Fsp3) is 0.940. The van der Waals surface area contributed by atoms with Crippen molar-refractivity contribution in [2.45, 2.75) is 349 Å². The molecule has 0 aromatic rings. The van der Waals surface area contributed by atoms with Crippen LogP contribution in [0.4, 0.5) is 0 Å². The molecule has 2 unspecified atom stereocenters. The van der Waals surface area contributed by atoms with Crippen LogP contribution in [-0.2, 0) is 65.4 Å². The summed E-state index contributed by atoms with van der Waals surface area (Å²) in [7, 11) is -9.89. The maximum absolute atomic E-state index is 13.0. The molecule has 0 aliphatic carbocycles. The normalized spacial score (nSPS) is 14.3. The highest BCUT2D eigenvalue weighted by atomic mass is 31.2. The van der Waals surface area contributed by atoms with Crippen LogP contribution in [0.3, 0.4) is 0 Å². The van der Waals surface area contributed by atoms with Crippen molar-refractivity contribution in [3.05, 3.63) is 0 Å². The Morgan fingerprint density at radius 2 is 0.535 bits per heavy atom. The molecule has 0 aliphatic heterocycles. The lowest BCUT2D eigenvalue weighted by atomic mass is 10.0. The van der Waals surface area contributed by atoms with Gasteiger partial charge in [0.05, 0.1) is 26.4 Å². The van der Waals surface area contributed by atoms with Crippen molar-refractivity contribution < 1.29 is 80.2 Å². The third-order valence-corrected chi connectivity index (χ3v) is 17.3. The Kier molecular flexibility index (Phi) is 56.9. The van der Waals surface area contributed by atoms with Gasteiger partial charge in [-0.2, -0.15) is 0 Å². The number of rotatable bonds is 65. The smallest absolute Gasteiger partial charge is 0.462 e. The minimum absolute atomic E-state index is 0.102. The molecule has 0 aromatic heterocycles. The molecule has 0 radical (unpaired) electrons. The van der Waals surface area contributed by atoms with Crippen LogP contribution in [0.2, 0.25) is 0 Å². The van der Waals surface area contributed by atoms with E-state index in [-0.39, 0.29) is 25.7 Å². The van der Waals surface area contributed by atoms with Crippen molar-refractivity contribution in [3.8, 4) is 0 Å². The average molecular weight is 1270 g/mol. The fourth-order valence-electron chi connectivity index (χ4n) is 10.0. The predicted octanol–water partition coefficient (Wildman–Crippen LogP) is 18.7. The van der Waals surface area contributed by atoms with Crippen LogP contribution >= 0.6 is 15.6 Å². The van der Waals surface area contributed by atoms with E-state index in [1.165, 1.54) is 141 Å². The van der Waals surface area contributed by atoms with Gasteiger partial charge in [-0.05, 0) is 43.4 Å². The summed E-state index contributed by atoms with van der Waals surface area (Å²) in [6.45, 7) is 11.7. The molecule has 0 amide bonds. The van der Waals surface area contributed by atoms with Crippen molar-refractivity contribution in [1.82, 2.24) is 0 Å². The van der Waals surface area contributed by atoms with E-state index < -0.39 is 97.5 Å². The molecule has 0 heterocycles. The van der Waals surface area contributed by atoms with Crippen LogP contribution in [0, 0.1) is 17.8 Å². The lowest BCUT2D eigenvalue weighted by Gasteiger charge is -2.21. The quantitative estimate of drug-likeness (QED) is 0.0222. The second kappa shape index (κ2) is 58.2. The molecular formula is C67H130O17P2. The molecule has 0 rings (SSSR count). The number of phosphoric ester groups is 2. The molecule has 19 heteroatoms. The van der Waals surface area contributed by atoms with Crippen LogP contribution in [-0.4, -0.2) is 96.7 Å². The summed E-state index contributed by atoms with van der Waals surface area (Å²) in [5.74, 6) is 0.0693. The first-order valence-corrected chi connectivity index (χ1v) is 37.8. The number of aliphatic hydroxyl groups is 1. The van der Waals surface area contributed by atoms with E-state index in [1.54, 1.807) is 0 Å². The van der Waals surface area contributed by atoms with Crippen molar-refractivity contribution in [2.24, 2.45) is 17.8 Å². The van der Waals surface area contributed by atoms with Crippen LogP contribution in [0.25, 0.3) is 0 Å². The zero-order chi connectivity index (χ0) is 63.8. The van der Waals surface area contributed by atoms with Gasteiger partial charge < -0.3 is 33.8 Å². The lowest BCUT2D eigenvalue weighted by Crippen LogP contribution is -2.30. The lowest BCUT2D eigenvalue weighted by molar-refractivity contribution is -0.161. The van der Waals surface area contributed by atoms with E-state index in [2.05, 4.69) is 48.5 Å². The summed E-state index contributed by atoms with van der Waals surface area (Å²) in [5, 5.41) is 10.6. The van der Waals surface area contributed by atoms with E-state index in [9.17, 15) is 43.2 Å². The van der Waals surface area contributed by atoms with Gasteiger partial charge in [0.1, 0.15) is 19.3 Å². The van der Waals surface area contributed by atoms with E-state index in [0.29, 0.717) is 31.6 Å². The molecule has 0 fully saturated rings. The SMILES string of the molecule is CCCCCCCCCCCC(=O)OC[C@H](COP(=O)(O)OC[C@H](O)COP(=O)(O)OC[C@@H](COC(=O)CCCCCCCCCCCCC(C)C)OC(=O)CCCCCCCCCCCCCCC(C)C)OC(=O)CCCCCCCCC(C)C. The second-order valence-electron chi connectivity index (χ2n) is 25.6. The van der Waals surface area contributed by atoms with Crippen molar-refractivity contribution in [1.29, 1.82) is 0 Å². The number of esters is 4. The first-order chi connectivity index (χ1) is 41.2. The van der Waals surface area contributed by atoms with Gasteiger partial charge in [0.2, 0.25) is 0 Å². The Balaban J connectivity index is 5.23. The van der Waals surface area contributed by atoms with Crippen molar-refractivity contribution in [2.75, 3.05) is 39.6 Å². The van der Waals surface area contributed by atoms with Gasteiger partial charge in [-0.15, -0.1) is 0 Å². The van der Waals surface area contributed by atoms with E-state index in [4.69, 9.17) is 37.0 Å². The van der Waals surface area contributed by atoms with Gasteiger partial charge in [0.15, 0.2) is 12.2 Å². The maximum atomic E-state index is 13.0. The number of ether oxygens (including phenoxy) is 4. The van der Waals surface area contributed by atoms with Crippen LogP contribution < -0.4 is 0 Å². The topological polar surface area (TPSA) is 237 Å². The summed E-state index contributed by atoms with van der Waals surface area (Å²) >= 11 is 0. The molecule has 0 aromatic carbocycles. The Morgan fingerprint density at radius 3 is 0.791 bits per heavy atom. The Hall–Kier alpha value is -1.94. The highest BCUT2D eigenvalue weighted by Crippen LogP contribution is 2.45. The molecule has 0 saturated carbocycles. The molecule has 0 spiro atoms. The number of carbonyl (C=O) groups excluding carboxylic acids is 4. The number of carbonyl (C=O) groups is 4. The second-order valence-corrected chi connectivity index (χ2v) is 28.5. The highest BCUT2D eigenvalue weighted by Gasteiger charge is 2.30. The van der Waals surface area contributed by atoms with Crippen LogP contribution in [0.5, 0.6) is 0 Å². The summed E-state index contributed by atoms with van der Waals surface area (Å²) in [6.07, 6.45) is 40.5. The summed E-state index contributed by atoms with van der Waals surface area (Å²) < 4.78 is 68.1. The molecule has 510 valence electrons. The van der Waals surface area contributed by atoms with E-state index in [0.717, 1.165) is 102 Å². The minimum atomic E-state index is -4.95. The molecule has 0 saturated heterocycles. The fourth-order valence-corrected chi connectivity index (χ4v) is 11.6. The molecule has 86 heavy (non-hydrogen) atoms. The molecular weight excluding hydrogens is 1140 g/mol. The Bertz CT molecular complexity index is 1700. The molecule has 0 aliphatic rings. The summed E-state index contributed by atoms with van der Waals surface area (Å²) in [5.41, 5.74) is 0. The van der Waals surface area contributed by atoms with Gasteiger partial charge >= 0.3 is 39.5 Å². The zero-order valence-corrected chi connectivity index (χ0v) is 57.6. The van der Waals surface area contributed by atoms with E-state index >= 15 is 0 Å². The average Bonchev–Trinajstić information content (AvgIpc) is 3.62. The number of unbranched alkanes of at least 4 members (excludes halogenated alkanes) is 33. The standard InChI is InChI=1S/C67H130O17P2/c1-8-9-10-11-12-19-26-34-41-48-64(69)77-55-63(84-67(72)51-44-37-30-29-33-40-47-60(6)7)57-82-86(75,76)80-53-61(68)52-79-85(73,74)81-56-62(54-78-65(70)49-42-35-27-22-18-17-21-25-32-39-46-59(4)5)83-66(71)50-43-36-28-23-16-14-13-15-20-24-31-38-45-58(2)3/h58-63,68H,8-57H2,1-7H3,(H,73,74)(H,75,76)/t61-,62-,63-/m1/s1. The van der Waals surface area contributed by atoms with E-state index in [1.807, 2.05) is 0 Å². The summed E-state index contributed by atoms with van der Waals surface area (Å²) in [6, 6.07) is 0. The number of phosphoric acid groups is 2. The molecule has 3 N–H and O–H groups in total. The van der Waals surface area contributed by atoms with Crippen molar-refractivity contribution in [3.63, 3.8) is 0 Å². The first kappa shape index (κ1) is 84.1. The zero-order valence-electron chi connectivity index (χ0n) is 55.8. The number of hydrogen-bond acceptors (Lipinski definition) is 15. The summed E-state index contributed by atoms with van der Waals surface area (Å²) in [4.78, 5) is 72.3. The number of hydrogen-bond donors (Lipinski definition) is 3. The van der Waals surface area contributed by atoms with Crippen molar-refractivity contribution >= 4 is 39.5 Å². The minimum Gasteiger partial charge on any atom is -0.462 e. The molecule has 17 nitrogen and oxygen atoms in total. The van der Waals surface area contributed by atoms with Gasteiger partial charge in [-0.1, -0.05) is 280 Å². The highest BCUT2D eigenvalue weighted by molar-refractivity contribution is 7.47. The molecule has 5 atom stereocenters. The largest absolute Gasteiger partial charge is 0.472 e. The molecule has 0 bridgehead atoms. The van der Waals surface area contributed by atoms with Gasteiger partial charge in [-0.3, -0.25) is 37.3 Å². The third kappa shape index (κ3) is 60.9. The van der Waals surface area contributed by atoms with Gasteiger partial charge in [-0.25, -0.2) is 9.13 Å². The Morgan fingerprint density at radius 1 is 0.314 bits per heavy atom. The van der Waals surface area contributed by atoms with Gasteiger partial charge in [0.25, 0.3) is 0 Å². The monoisotopic (exact) mass is 1270 g/mol. The predicted molar refractivity (Wildman–Crippen MR) is 344 cm³/mol. The van der Waals surface area contributed by atoms with Crippen LogP contribution in [0.15, 0.2) is 0 Å². The third-order valence-electron chi connectivity index (χ3n) is 15.4. The first-order valence-electron chi connectivity index (χ1n) is 34.8. The van der Waals surface area contributed by atoms with Gasteiger partial charge in [0, 0.05) is 25.7 Å². The number of aliphatic hydroxyl groups excluding tert-OH is 1. The maximum Gasteiger partial charge on any atom is 0.472 e. The van der Waals surface area contributed by atoms with Crippen LogP contribution in [0.1, 0.15) is 331 Å².